The maximum atomic E-state index is 14.8. The first-order valence-electron chi connectivity index (χ1n) is 22.8. The van der Waals surface area contributed by atoms with Gasteiger partial charge < -0.3 is 54.8 Å². The number of methoxy groups -OCH3 is 1. The number of allylic oxidation sites excluding steroid dienone is 2. The molecule has 2 aromatic carbocycles. The fraction of sp³-hybridized carbons (Fsp3) is 0.542. The molecule has 4 bridgehead atoms. The predicted molar refractivity (Wildman–Crippen MR) is 246 cm³/mol. The maximum Gasteiger partial charge on any atom is 0.342 e. The Balaban J connectivity index is 1.34. The number of anilines is 1. The third-order valence-corrected chi connectivity index (χ3v) is 14.1. The Morgan fingerprint density at radius 3 is 2.29 bits per heavy atom. The van der Waals surface area contributed by atoms with Crippen LogP contribution in [0.3, 0.4) is 0 Å². The number of Topliss-reactive ketones (excluding diaryl/α,β-unsaturated/α-hetero) is 1. The van der Waals surface area contributed by atoms with Crippen LogP contribution in [0.5, 0.6) is 17.2 Å². The summed E-state index contributed by atoms with van der Waals surface area (Å²) in [7, 11) is 1.45. The van der Waals surface area contributed by atoms with Crippen LogP contribution in [0, 0.1) is 47.6 Å². The third kappa shape index (κ3) is 8.97. The number of aromatic nitrogens is 2. The van der Waals surface area contributed by atoms with Gasteiger partial charge in [0.05, 0.1) is 40.9 Å². The molecule has 1 fully saturated rings. The van der Waals surface area contributed by atoms with Crippen LogP contribution < -0.4 is 20.8 Å². The summed E-state index contributed by atoms with van der Waals surface area (Å²) in [4.78, 5) is 68.9. The zero-order chi connectivity index (χ0) is 49.7. The fourth-order valence-electron chi connectivity index (χ4n) is 9.84. The van der Waals surface area contributed by atoms with Crippen LogP contribution in [0.4, 0.5) is 11.5 Å². The molecule has 4 aliphatic rings. The van der Waals surface area contributed by atoms with Gasteiger partial charge in [-0.05, 0) is 24.8 Å². The summed E-state index contributed by atoms with van der Waals surface area (Å²) in [6, 6.07) is 0. The Bertz CT molecular complexity index is 2760. The monoisotopic (exact) mass is 943 g/mol. The summed E-state index contributed by atoms with van der Waals surface area (Å²) < 4.78 is 25.5. The van der Waals surface area contributed by atoms with Gasteiger partial charge in [-0.25, -0.2) is 9.55 Å². The number of hydrogen-bond acceptors (Lipinski definition) is 17. The average Bonchev–Trinajstić information content (AvgIpc) is 3.95. The first-order valence-corrected chi connectivity index (χ1v) is 22.8. The van der Waals surface area contributed by atoms with E-state index in [9.17, 15) is 44.9 Å². The molecule has 1 saturated heterocycles. The van der Waals surface area contributed by atoms with Crippen molar-refractivity contribution in [2.45, 2.75) is 118 Å². The van der Waals surface area contributed by atoms with E-state index in [2.05, 4.69) is 15.2 Å². The number of amides is 1. The zero-order valence-corrected chi connectivity index (χ0v) is 40.0. The van der Waals surface area contributed by atoms with Crippen molar-refractivity contribution < 1.29 is 58.7 Å². The molecular formula is C48H61N7O13. The van der Waals surface area contributed by atoms with Crippen molar-refractivity contribution in [2.24, 2.45) is 33.7 Å². The molecule has 3 aromatic rings. The van der Waals surface area contributed by atoms with Crippen LogP contribution in [0.25, 0.3) is 10.8 Å². The van der Waals surface area contributed by atoms with Crippen LogP contribution in [0.1, 0.15) is 83.1 Å². The van der Waals surface area contributed by atoms with Crippen LogP contribution >= 0.6 is 0 Å². The van der Waals surface area contributed by atoms with Gasteiger partial charge in [-0.2, -0.15) is 0 Å². The second kappa shape index (κ2) is 19.0. The number of esters is 1. The molecule has 20 nitrogen and oxygen atoms in total. The smallest absolute Gasteiger partial charge is 0.342 e. The lowest BCUT2D eigenvalue weighted by Crippen LogP contribution is -2.46. The highest BCUT2D eigenvalue weighted by Crippen LogP contribution is 2.50. The molecule has 20 heteroatoms. The molecule has 5 heterocycles. The zero-order valence-electron chi connectivity index (χ0n) is 40.0. The number of fused-ring (bicyclic) bond motifs is 1. The third-order valence-electron chi connectivity index (χ3n) is 14.1. The first kappa shape index (κ1) is 49.7. The van der Waals surface area contributed by atoms with E-state index in [1.54, 1.807) is 58.3 Å². The van der Waals surface area contributed by atoms with Crippen molar-refractivity contribution in [3.63, 3.8) is 0 Å². The molecule has 1 spiro atoms. The molecule has 9 atom stereocenters. The summed E-state index contributed by atoms with van der Waals surface area (Å²) in [6.45, 7) is 16.1. The molecule has 1 aromatic heterocycles. The number of aliphatic hydroxyl groups is 2. The largest absolute Gasteiger partial charge is 0.507 e. The number of benzene rings is 2. The number of aryl methyl sites for hydroxylation is 1. The van der Waals surface area contributed by atoms with E-state index in [0.717, 1.165) is 0 Å². The summed E-state index contributed by atoms with van der Waals surface area (Å²) in [5, 5.41) is 61.7. The van der Waals surface area contributed by atoms with Crippen molar-refractivity contribution in [1.29, 1.82) is 0 Å². The Morgan fingerprint density at radius 2 is 1.65 bits per heavy atom. The SMILES string of the molecule is CO[C@H]1C=CO[C@@]2(C)Oc3c(C)c(O)c4c(O)c(c5c(c4c3C2=O)=NC2(CCN(CCn3c([N+](=O)[O-])cnc3C)CC2)N=5)NC(=O)/C(C)=C\C=C[C@H](C)[C@H](O)[C@@H](C)[C@@H](O)[C@@H](C)[C@H](OC(C)=O)[C@@H]1C. The lowest BCUT2D eigenvalue weighted by Gasteiger charge is -2.38. The van der Waals surface area contributed by atoms with Gasteiger partial charge in [0.15, 0.2) is 17.2 Å². The number of carbonyl (C=O) groups is 3. The highest BCUT2D eigenvalue weighted by molar-refractivity contribution is 6.19. The first-order chi connectivity index (χ1) is 32.0. The normalized spacial score (nSPS) is 29.4. The van der Waals surface area contributed by atoms with E-state index in [-0.39, 0.29) is 55.4 Å². The molecule has 1 amide bonds. The van der Waals surface area contributed by atoms with Crippen LogP contribution in [-0.2, 0) is 30.3 Å². The Labute approximate surface area is 392 Å². The minimum Gasteiger partial charge on any atom is -0.507 e. The summed E-state index contributed by atoms with van der Waals surface area (Å²) in [6.07, 6.45) is 5.61. The number of ether oxygens (including phenoxy) is 4. The van der Waals surface area contributed by atoms with Gasteiger partial charge in [0.2, 0.25) is 0 Å². The molecule has 0 aliphatic carbocycles. The van der Waals surface area contributed by atoms with E-state index in [4.69, 9.17) is 28.9 Å². The van der Waals surface area contributed by atoms with E-state index < -0.39 is 93.6 Å². The van der Waals surface area contributed by atoms with Gasteiger partial charge in [0.25, 0.3) is 11.7 Å². The van der Waals surface area contributed by atoms with E-state index in [1.165, 1.54) is 52.5 Å². The van der Waals surface area contributed by atoms with Crippen molar-refractivity contribution in [3.8, 4) is 17.2 Å². The number of aromatic hydroxyl groups is 2. The van der Waals surface area contributed by atoms with Crippen LogP contribution in [-0.4, -0.2) is 120 Å². The number of phenols is 2. The number of hydrogen-bond donors (Lipinski definition) is 5. The van der Waals surface area contributed by atoms with Gasteiger partial charge in [-0.1, -0.05) is 45.9 Å². The molecular weight excluding hydrogens is 883 g/mol. The average molecular weight is 944 g/mol. The van der Waals surface area contributed by atoms with Crippen molar-refractivity contribution >= 4 is 39.9 Å². The fourth-order valence-corrected chi connectivity index (χ4v) is 9.84. The lowest BCUT2D eigenvalue weighted by molar-refractivity contribution is -0.392. The Kier molecular flexibility index (Phi) is 13.9. The van der Waals surface area contributed by atoms with Crippen molar-refractivity contribution in [1.82, 2.24) is 14.5 Å². The van der Waals surface area contributed by atoms with Crippen LogP contribution in [0.2, 0.25) is 0 Å². The second-order valence-electron chi connectivity index (χ2n) is 18.7. The highest BCUT2D eigenvalue weighted by Gasteiger charge is 2.50. The number of imidazole rings is 1. The van der Waals surface area contributed by atoms with Crippen molar-refractivity contribution in [2.75, 3.05) is 32.1 Å². The molecule has 4 aliphatic heterocycles. The summed E-state index contributed by atoms with van der Waals surface area (Å²) in [5.74, 6) is -7.01. The Hall–Kier alpha value is -6.22. The number of ketones is 1. The number of nitrogens with zero attached hydrogens (tertiary/aromatic N) is 6. The minimum atomic E-state index is -2.02. The number of aliphatic hydroxyl groups excluding tert-OH is 2. The van der Waals surface area contributed by atoms with Gasteiger partial charge in [0, 0.05) is 101 Å². The molecule has 0 radical (unpaired) electrons. The van der Waals surface area contributed by atoms with Gasteiger partial charge >= 0.3 is 17.6 Å². The van der Waals surface area contributed by atoms with Crippen molar-refractivity contribution in [3.05, 3.63) is 80.1 Å². The molecule has 0 saturated carbocycles. The van der Waals surface area contributed by atoms with Gasteiger partial charge in [-0.15, -0.1) is 0 Å². The topological polar surface area (TPSA) is 270 Å². The quantitative estimate of drug-likeness (QED) is 0.100. The van der Waals surface area contributed by atoms with Gasteiger partial charge in [0.1, 0.15) is 41.4 Å². The van der Waals surface area contributed by atoms with Gasteiger partial charge in [-0.3, -0.25) is 29.3 Å². The molecule has 5 N–H and O–H groups in total. The Morgan fingerprint density at radius 1 is 0.971 bits per heavy atom. The summed E-state index contributed by atoms with van der Waals surface area (Å²) >= 11 is 0. The standard InChI is InChI=1S/C48H61N7O13/c1-23-12-11-13-24(2)46(62)50-38-37-36(51-48(52-37)15-17-53(18-16-48)19-20-54-29(7)49-22-32(54)55(63)64)33-34(42(38)60)41(59)28(6)44-35(33)45(61)47(9,68-44)66-21-14-31(65-10)25(3)43(67-30(8)56)27(5)40(58)26(4)39(23)57/h11-14,21-23,25-27,31,39-40,43,57-60H,15-20H2,1-10H3,(H,50,62)/b12-11?,21-14?,24-13-/t23-,25+,26+,27+,31-,39-,40+,43+,47-/m0/s1. The highest BCUT2D eigenvalue weighted by atomic mass is 16.7. The predicted octanol–water partition coefficient (Wildman–Crippen LogP) is 4.21. The number of phenolic OH excluding ortho intramolecular Hbond substituents is 2. The van der Waals surface area contributed by atoms with E-state index in [0.29, 0.717) is 44.8 Å². The molecule has 0 unspecified atom stereocenters. The number of carbonyl (C=O) groups excluding carboxylic acids is 3. The van der Waals surface area contributed by atoms with Crippen LogP contribution in [0.15, 0.2) is 52.3 Å². The lowest BCUT2D eigenvalue weighted by atomic mass is 9.78. The second-order valence-corrected chi connectivity index (χ2v) is 18.7. The molecule has 366 valence electrons. The number of likely N-dealkylation sites (tertiary alicyclic amines) is 1. The number of nitro groups is 1. The molecule has 7 rings (SSSR count). The summed E-state index contributed by atoms with van der Waals surface area (Å²) in [5.41, 5.74) is -0.986. The minimum absolute atomic E-state index is 0.0137. The number of nitrogens with one attached hydrogen (secondary N) is 1. The maximum absolute atomic E-state index is 14.8. The van der Waals surface area contributed by atoms with E-state index >= 15 is 0 Å². The molecule has 68 heavy (non-hydrogen) atoms. The number of rotatable bonds is 6. The number of piperidine rings is 1. The van der Waals surface area contributed by atoms with E-state index in [1.807, 2.05) is 0 Å².